The quantitative estimate of drug-likeness (QED) is 0.566. The number of aryl methyl sites for hydroxylation is 1. The average Bonchev–Trinajstić information content (AvgIpc) is 3.09. The third-order valence-electron chi connectivity index (χ3n) is 4.25. The van der Waals surface area contributed by atoms with Crippen LogP contribution < -0.4 is 9.47 Å². The molecule has 1 atom stereocenters. The molecular formula is C21H25NO3. The number of aromatic nitrogens is 1. The molecule has 0 spiro atoms. The highest BCUT2D eigenvalue weighted by Crippen LogP contribution is 2.20. The van der Waals surface area contributed by atoms with Gasteiger partial charge in [-0.05, 0) is 62.1 Å². The lowest BCUT2D eigenvalue weighted by Gasteiger charge is -2.13. The summed E-state index contributed by atoms with van der Waals surface area (Å²) in [6, 6.07) is 15.9. The molecule has 4 nitrogen and oxygen atoms in total. The minimum absolute atomic E-state index is 0.314. The molecule has 0 saturated heterocycles. The maximum absolute atomic E-state index is 10.1. The van der Waals surface area contributed by atoms with Gasteiger partial charge in [0.25, 0.3) is 0 Å². The van der Waals surface area contributed by atoms with E-state index in [0.717, 1.165) is 40.8 Å². The van der Waals surface area contributed by atoms with Crippen LogP contribution in [0, 0.1) is 6.92 Å². The molecule has 0 saturated carbocycles. The molecule has 0 fully saturated rings. The Bertz CT molecular complexity index is 796. The first kappa shape index (κ1) is 17.4. The van der Waals surface area contributed by atoms with Crippen molar-refractivity contribution in [3.05, 3.63) is 60.3 Å². The van der Waals surface area contributed by atoms with E-state index in [1.807, 2.05) is 61.7 Å². The number of rotatable bonds is 9. The van der Waals surface area contributed by atoms with E-state index < -0.39 is 6.10 Å². The van der Waals surface area contributed by atoms with Gasteiger partial charge in [-0.1, -0.05) is 18.2 Å². The Morgan fingerprint density at radius 1 is 1.04 bits per heavy atom. The topological polar surface area (TPSA) is 54.5 Å². The number of fused-ring (bicyclic) bond motifs is 1. The summed E-state index contributed by atoms with van der Waals surface area (Å²) in [5.41, 5.74) is 2.23. The van der Waals surface area contributed by atoms with E-state index in [1.165, 1.54) is 0 Å². The van der Waals surface area contributed by atoms with Gasteiger partial charge in [0.05, 0.1) is 12.7 Å². The second-order valence-electron chi connectivity index (χ2n) is 6.30. The molecule has 2 N–H and O–H groups in total. The Hall–Kier alpha value is -2.46. The van der Waals surface area contributed by atoms with Gasteiger partial charge in [0, 0.05) is 17.1 Å². The van der Waals surface area contributed by atoms with Gasteiger partial charge in [-0.15, -0.1) is 0 Å². The van der Waals surface area contributed by atoms with Crippen LogP contribution >= 0.6 is 0 Å². The molecule has 4 heteroatoms. The highest BCUT2D eigenvalue weighted by molar-refractivity contribution is 5.80. The summed E-state index contributed by atoms with van der Waals surface area (Å²) in [6.45, 7) is 3.03. The molecule has 0 amide bonds. The number of ether oxygens (including phenoxy) is 2. The monoisotopic (exact) mass is 339 g/mol. The zero-order chi connectivity index (χ0) is 17.5. The molecule has 0 aliphatic heterocycles. The molecule has 0 aliphatic carbocycles. The van der Waals surface area contributed by atoms with Crippen LogP contribution in [0.25, 0.3) is 10.9 Å². The van der Waals surface area contributed by atoms with Gasteiger partial charge >= 0.3 is 0 Å². The number of H-pyrrole nitrogens is 1. The van der Waals surface area contributed by atoms with Crippen molar-refractivity contribution < 1.29 is 14.6 Å². The van der Waals surface area contributed by atoms with E-state index in [-0.39, 0.29) is 0 Å². The Morgan fingerprint density at radius 2 is 1.92 bits per heavy atom. The summed E-state index contributed by atoms with van der Waals surface area (Å²) in [6.07, 6.45) is 3.99. The lowest BCUT2D eigenvalue weighted by atomic mass is 10.1. The molecule has 132 valence electrons. The number of unbranched alkanes of at least 4 members (excludes halogenated alkanes) is 1. The zero-order valence-corrected chi connectivity index (χ0v) is 14.6. The first-order chi connectivity index (χ1) is 12.2. The number of aliphatic hydroxyl groups is 1. The molecule has 1 aromatic heterocycles. The standard InChI is InChI=1S/C21H25NO3/c1-16-6-2-3-8-21(16)24-13-5-4-7-18(23)15-25-19-9-10-20-17(14-19)11-12-22-20/h2-3,6,8-12,14,18,22-23H,4-5,7,13,15H2,1H3. The fourth-order valence-electron chi connectivity index (χ4n) is 2.78. The molecule has 1 heterocycles. The Balaban J connectivity index is 1.32. The molecule has 0 radical (unpaired) electrons. The summed E-state index contributed by atoms with van der Waals surface area (Å²) in [7, 11) is 0. The second-order valence-corrected chi connectivity index (χ2v) is 6.30. The summed E-state index contributed by atoms with van der Waals surface area (Å²) in [5.74, 6) is 1.72. The Kier molecular flexibility index (Phi) is 5.96. The van der Waals surface area contributed by atoms with Crippen LogP contribution in [0.5, 0.6) is 11.5 Å². The predicted molar refractivity (Wildman–Crippen MR) is 100 cm³/mol. The van der Waals surface area contributed by atoms with E-state index >= 15 is 0 Å². The van der Waals surface area contributed by atoms with Crippen LogP contribution in [0.3, 0.4) is 0 Å². The van der Waals surface area contributed by atoms with Gasteiger partial charge in [-0.25, -0.2) is 0 Å². The van der Waals surface area contributed by atoms with Gasteiger partial charge in [-0.2, -0.15) is 0 Å². The van der Waals surface area contributed by atoms with Crippen molar-refractivity contribution in [2.24, 2.45) is 0 Å². The Morgan fingerprint density at radius 3 is 2.80 bits per heavy atom. The second kappa shape index (κ2) is 8.58. The zero-order valence-electron chi connectivity index (χ0n) is 14.6. The minimum Gasteiger partial charge on any atom is -0.493 e. The van der Waals surface area contributed by atoms with Crippen molar-refractivity contribution in [2.75, 3.05) is 13.2 Å². The van der Waals surface area contributed by atoms with E-state index in [4.69, 9.17) is 9.47 Å². The smallest absolute Gasteiger partial charge is 0.122 e. The van der Waals surface area contributed by atoms with Crippen molar-refractivity contribution in [1.82, 2.24) is 4.98 Å². The van der Waals surface area contributed by atoms with Crippen LogP contribution in [0.15, 0.2) is 54.7 Å². The fourth-order valence-corrected chi connectivity index (χ4v) is 2.78. The number of hydrogen-bond donors (Lipinski definition) is 2. The van der Waals surface area contributed by atoms with Gasteiger partial charge in [-0.3, -0.25) is 0 Å². The number of benzene rings is 2. The molecule has 3 rings (SSSR count). The fraction of sp³-hybridized carbons (Fsp3) is 0.333. The molecular weight excluding hydrogens is 314 g/mol. The summed E-state index contributed by atoms with van der Waals surface area (Å²) < 4.78 is 11.5. The first-order valence-corrected chi connectivity index (χ1v) is 8.79. The molecule has 0 aliphatic rings. The van der Waals surface area contributed by atoms with E-state index in [2.05, 4.69) is 4.98 Å². The number of aromatic amines is 1. The molecule has 1 unspecified atom stereocenters. The summed E-state index contributed by atoms with van der Waals surface area (Å²) in [5, 5.41) is 11.2. The van der Waals surface area contributed by atoms with E-state index in [1.54, 1.807) is 0 Å². The van der Waals surface area contributed by atoms with E-state index in [9.17, 15) is 5.11 Å². The van der Waals surface area contributed by atoms with Gasteiger partial charge < -0.3 is 19.6 Å². The highest BCUT2D eigenvalue weighted by Gasteiger charge is 2.06. The van der Waals surface area contributed by atoms with Crippen LogP contribution in [-0.4, -0.2) is 29.4 Å². The minimum atomic E-state index is -0.458. The molecule has 0 bridgehead atoms. The van der Waals surface area contributed by atoms with Gasteiger partial charge in [0.2, 0.25) is 0 Å². The number of aliphatic hydroxyl groups excluding tert-OH is 1. The van der Waals surface area contributed by atoms with Crippen LogP contribution in [0.1, 0.15) is 24.8 Å². The summed E-state index contributed by atoms with van der Waals surface area (Å²) in [4.78, 5) is 3.15. The number of para-hydroxylation sites is 1. The summed E-state index contributed by atoms with van der Waals surface area (Å²) >= 11 is 0. The highest BCUT2D eigenvalue weighted by atomic mass is 16.5. The van der Waals surface area contributed by atoms with Crippen molar-refractivity contribution in [1.29, 1.82) is 0 Å². The SMILES string of the molecule is Cc1ccccc1OCCCCC(O)COc1ccc2[nH]ccc2c1. The van der Waals surface area contributed by atoms with E-state index in [0.29, 0.717) is 19.6 Å². The lowest BCUT2D eigenvalue weighted by molar-refractivity contribution is 0.0965. The van der Waals surface area contributed by atoms with Crippen molar-refractivity contribution in [3.63, 3.8) is 0 Å². The van der Waals surface area contributed by atoms with Crippen molar-refractivity contribution >= 4 is 10.9 Å². The van der Waals surface area contributed by atoms with Crippen LogP contribution in [-0.2, 0) is 0 Å². The molecule has 2 aromatic carbocycles. The van der Waals surface area contributed by atoms with Crippen LogP contribution in [0.2, 0.25) is 0 Å². The number of hydrogen-bond acceptors (Lipinski definition) is 3. The van der Waals surface area contributed by atoms with Gasteiger partial charge in [0.15, 0.2) is 0 Å². The van der Waals surface area contributed by atoms with Gasteiger partial charge in [0.1, 0.15) is 18.1 Å². The molecule has 25 heavy (non-hydrogen) atoms. The third kappa shape index (κ3) is 5.00. The first-order valence-electron chi connectivity index (χ1n) is 8.79. The van der Waals surface area contributed by atoms with Crippen molar-refractivity contribution in [2.45, 2.75) is 32.3 Å². The van der Waals surface area contributed by atoms with Crippen molar-refractivity contribution in [3.8, 4) is 11.5 Å². The molecule has 3 aromatic rings. The third-order valence-corrected chi connectivity index (χ3v) is 4.25. The number of nitrogens with one attached hydrogen (secondary N) is 1. The largest absolute Gasteiger partial charge is 0.493 e. The maximum Gasteiger partial charge on any atom is 0.122 e. The Labute approximate surface area is 148 Å². The lowest BCUT2D eigenvalue weighted by Crippen LogP contribution is -2.17. The van der Waals surface area contributed by atoms with Crippen LogP contribution in [0.4, 0.5) is 0 Å². The average molecular weight is 339 g/mol. The maximum atomic E-state index is 10.1. The predicted octanol–water partition coefficient (Wildman–Crippen LogP) is 4.47. The normalized spacial score (nSPS) is 12.2.